The number of amides is 2. The number of nitrogens with one attached hydrogen (secondary N) is 2. The van der Waals surface area contributed by atoms with E-state index in [-0.39, 0.29) is 29.8 Å². The van der Waals surface area contributed by atoms with Crippen molar-refractivity contribution in [3.05, 3.63) is 76.8 Å². The van der Waals surface area contributed by atoms with Crippen molar-refractivity contribution >= 4 is 17.5 Å². The van der Waals surface area contributed by atoms with Crippen LogP contribution in [0.5, 0.6) is 0 Å². The summed E-state index contributed by atoms with van der Waals surface area (Å²) in [5.74, 6) is 0.230. The van der Waals surface area contributed by atoms with Crippen LogP contribution in [-0.2, 0) is 11.2 Å². The first kappa shape index (κ1) is 22.2. The molecular formula is C24H28N4O3. The fourth-order valence-electron chi connectivity index (χ4n) is 3.29. The van der Waals surface area contributed by atoms with E-state index in [1.54, 1.807) is 31.5 Å². The maximum Gasteiger partial charge on any atom is 0.277 e. The van der Waals surface area contributed by atoms with Crippen molar-refractivity contribution in [2.45, 2.75) is 47.1 Å². The summed E-state index contributed by atoms with van der Waals surface area (Å²) in [5, 5.41) is 5.77. The zero-order valence-corrected chi connectivity index (χ0v) is 18.5. The summed E-state index contributed by atoms with van der Waals surface area (Å²) in [7, 11) is 0. The van der Waals surface area contributed by atoms with Crippen molar-refractivity contribution < 1.29 is 14.0 Å². The zero-order valence-electron chi connectivity index (χ0n) is 18.5. The molecule has 0 saturated carbocycles. The number of benzene rings is 1. The van der Waals surface area contributed by atoms with Crippen LogP contribution in [0.15, 0.2) is 47.1 Å². The Hall–Kier alpha value is -3.48. The summed E-state index contributed by atoms with van der Waals surface area (Å²) in [5.41, 5.74) is 3.93. The lowest BCUT2D eigenvalue weighted by molar-refractivity contribution is -0.121. The van der Waals surface area contributed by atoms with Gasteiger partial charge in [0.25, 0.3) is 5.91 Å². The third kappa shape index (κ3) is 5.57. The quantitative estimate of drug-likeness (QED) is 0.594. The molecule has 3 aromatic rings. The Morgan fingerprint density at radius 1 is 1.13 bits per heavy atom. The number of rotatable bonds is 7. The molecule has 2 amide bonds. The van der Waals surface area contributed by atoms with Crippen LogP contribution in [0.1, 0.15) is 58.7 Å². The minimum atomic E-state index is -0.448. The molecule has 162 valence electrons. The second kappa shape index (κ2) is 9.55. The van der Waals surface area contributed by atoms with E-state index in [4.69, 9.17) is 4.42 Å². The van der Waals surface area contributed by atoms with Gasteiger partial charge in [-0.3, -0.25) is 14.6 Å². The first-order valence-corrected chi connectivity index (χ1v) is 10.3. The predicted octanol–water partition coefficient (Wildman–Crippen LogP) is 4.30. The molecule has 0 aliphatic rings. The number of hydrogen-bond donors (Lipinski definition) is 2. The Bertz CT molecular complexity index is 1070. The van der Waals surface area contributed by atoms with Crippen molar-refractivity contribution in [3.63, 3.8) is 0 Å². The van der Waals surface area contributed by atoms with E-state index in [0.717, 1.165) is 16.7 Å². The minimum absolute atomic E-state index is 0.0230. The molecule has 0 aliphatic heterocycles. The predicted molar refractivity (Wildman–Crippen MR) is 119 cm³/mol. The largest absolute Gasteiger partial charge is 0.443 e. The third-order valence-electron chi connectivity index (χ3n) is 5.05. The highest BCUT2D eigenvalue weighted by Gasteiger charge is 2.27. The van der Waals surface area contributed by atoms with Gasteiger partial charge >= 0.3 is 0 Å². The van der Waals surface area contributed by atoms with E-state index in [1.807, 2.05) is 45.9 Å². The number of aryl methyl sites for hydroxylation is 3. The van der Waals surface area contributed by atoms with Crippen molar-refractivity contribution in [3.8, 4) is 0 Å². The molecule has 3 rings (SSSR count). The molecule has 1 aromatic carbocycles. The first-order valence-electron chi connectivity index (χ1n) is 10.3. The highest BCUT2D eigenvalue weighted by molar-refractivity contribution is 6.03. The first-order chi connectivity index (χ1) is 14.7. The molecular weight excluding hydrogens is 392 g/mol. The summed E-state index contributed by atoms with van der Waals surface area (Å²) >= 11 is 0. The van der Waals surface area contributed by atoms with Crippen LogP contribution in [0.2, 0.25) is 0 Å². The van der Waals surface area contributed by atoms with Crippen molar-refractivity contribution in [2.75, 3.05) is 5.32 Å². The van der Waals surface area contributed by atoms with Crippen molar-refractivity contribution in [1.29, 1.82) is 0 Å². The monoisotopic (exact) mass is 420 g/mol. The highest BCUT2D eigenvalue weighted by Crippen LogP contribution is 2.24. The maximum atomic E-state index is 12.8. The van der Waals surface area contributed by atoms with Gasteiger partial charge in [0.15, 0.2) is 5.69 Å². The second-order valence-corrected chi connectivity index (χ2v) is 8.05. The molecule has 1 atom stereocenters. The Morgan fingerprint density at radius 2 is 1.90 bits per heavy atom. The van der Waals surface area contributed by atoms with Crippen LogP contribution in [-0.4, -0.2) is 21.8 Å². The van der Waals surface area contributed by atoms with E-state index < -0.39 is 6.04 Å². The SMILES string of the molecule is Cc1ccc(C)c(CC(=O)N[C@@H](c2nc(C(=O)Nc3cccnc3)c(C)o2)C(C)C)c1. The standard InChI is InChI=1S/C24H28N4O3/c1-14(2)21(27-20(29)12-18-11-15(3)8-9-16(18)4)24-28-22(17(5)31-24)23(30)26-19-7-6-10-25-13-19/h6-11,13-14,21H,12H2,1-5H3,(H,26,30)(H,27,29)/t21-/m1/s1. The van der Waals surface area contributed by atoms with Crippen LogP contribution in [0, 0.1) is 26.7 Å². The molecule has 0 fully saturated rings. The molecule has 7 nitrogen and oxygen atoms in total. The van der Waals surface area contributed by atoms with Crippen molar-refractivity contribution in [2.24, 2.45) is 5.92 Å². The molecule has 2 aromatic heterocycles. The van der Waals surface area contributed by atoms with E-state index >= 15 is 0 Å². The van der Waals surface area contributed by atoms with Crippen LogP contribution in [0.3, 0.4) is 0 Å². The summed E-state index contributed by atoms with van der Waals surface area (Å²) in [4.78, 5) is 33.8. The molecule has 31 heavy (non-hydrogen) atoms. The van der Waals surface area contributed by atoms with E-state index in [9.17, 15) is 9.59 Å². The summed E-state index contributed by atoms with van der Waals surface area (Å²) < 4.78 is 5.79. The lowest BCUT2D eigenvalue weighted by Crippen LogP contribution is -2.33. The zero-order chi connectivity index (χ0) is 22.5. The number of hydrogen-bond acceptors (Lipinski definition) is 5. The molecule has 0 saturated heterocycles. The number of carbonyl (C=O) groups is 2. The van der Waals surface area contributed by atoms with Crippen LogP contribution in [0.25, 0.3) is 0 Å². The Kier molecular flexibility index (Phi) is 6.84. The highest BCUT2D eigenvalue weighted by atomic mass is 16.4. The Balaban J connectivity index is 1.75. The van der Waals surface area contributed by atoms with Gasteiger partial charge in [-0.2, -0.15) is 0 Å². The minimum Gasteiger partial charge on any atom is -0.443 e. The third-order valence-corrected chi connectivity index (χ3v) is 5.05. The number of carbonyl (C=O) groups excluding carboxylic acids is 2. The number of anilines is 1. The van der Waals surface area contributed by atoms with Gasteiger partial charge in [-0.05, 0) is 49.9 Å². The van der Waals surface area contributed by atoms with Gasteiger partial charge in [-0.15, -0.1) is 0 Å². The smallest absolute Gasteiger partial charge is 0.277 e. The topological polar surface area (TPSA) is 97.1 Å². The van der Waals surface area contributed by atoms with Gasteiger partial charge in [-0.1, -0.05) is 37.6 Å². The molecule has 2 heterocycles. The summed E-state index contributed by atoms with van der Waals surface area (Å²) in [6, 6.07) is 9.10. The molecule has 0 radical (unpaired) electrons. The van der Waals surface area contributed by atoms with Gasteiger partial charge in [0.05, 0.1) is 18.3 Å². The molecule has 0 spiro atoms. The van der Waals surface area contributed by atoms with Gasteiger partial charge < -0.3 is 15.1 Å². The van der Waals surface area contributed by atoms with Crippen molar-refractivity contribution in [1.82, 2.24) is 15.3 Å². The number of oxazole rings is 1. The normalized spacial score (nSPS) is 11.9. The fraction of sp³-hybridized carbons (Fsp3) is 0.333. The van der Waals surface area contributed by atoms with E-state index in [2.05, 4.69) is 20.6 Å². The van der Waals surface area contributed by atoms with E-state index in [0.29, 0.717) is 17.3 Å². The van der Waals surface area contributed by atoms with Gasteiger partial charge in [0.1, 0.15) is 11.8 Å². The molecule has 0 bridgehead atoms. The Morgan fingerprint density at radius 3 is 2.58 bits per heavy atom. The average molecular weight is 421 g/mol. The molecule has 0 unspecified atom stereocenters. The number of pyridine rings is 1. The molecule has 7 heteroatoms. The summed E-state index contributed by atoms with van der Waals surface area (Å²) in [6.07, 6.45) is 3.45. The fourth-order valence-corrected chi connectivity index (χ4v) is 3.29. The lowest BCUT2D eigenvalue weighted by Gasteiger charge is -2.19. The molecule has 0 aliphatic carbocycles. The van der Waals surface area contributed by atoms with Gasteiger partial charge in [-0.25, -0.2) is 4.98 Å². The summed E-state index contributed by atoms with van der Waals surface area (Å²) in [6.45, 7) is 9.62. The average Bonchev–Trinajstić information content (AvgIpc) is 3.11. The van der Waals surface area contributed by atoms with Crippen LogP contribution in [0.4, 0.5) is 5.69 Å². The lowest BCUT2D eigenvalue weighted by atomic mass is 10.0. The second-order valence-electron chi connectivity index (χ2n) is 8.05. The van der Waals surface area contributed by atoms with E-state index in [1.165, 1.54) is 0 Å². The number of nitrogens with zero attached hydrogens (tertiary/aromatic N) is 2. The van der Waals surface area contributed by atoms with Crippen LogP contribution >= 0.6 is 0 Å². The van der Waals surface area contributed by atoms with Gasteiger partial charge in [0.2, 0.25) is 11.8 Å². The van der Waals surface area contributed by atoms with Gasteiger partial charge in [0, 0.05) is 6.20 Å². The maximum absolute atomic E-state index is 12.8. The molecule has 2 N–H and O–H groups in total. The van der Waals surface area contributed by atoms with Crippen LogP contribution < -0.4 is 10.6 Å². The number of aromatic nitrogens is 2. The Labute approximate surface area is 182 Å².